The zero-order chi connectivity index (χ0) is 24.1. The summed E-state index contributed by atoms with van der Waals surface area (Å²) in [4.78, 5) is 21.5. The summed E-state index contributed by atoms with van der Waals surface area (Å²) < 4.78 is 51.5. The first-order valence-corrected chi connectivity index (χ1v) is 11.9. The Bertz CT molecular complexity index is 1190. The lowest BCUT2D eigenvalue weighted by molar-refractivity contribution is 0.0904. The fourth-order valence-electron chi connectivity index (χ4n) is 3.62. The Hall–Kier alpha value is -3.05. The van der Waals surface area contributed by atoms with E-state index in [0.29, 0.717) is 35.7 Å². The number of aromatic nitrogens is 2. The zero-order valence-electron chi connectivity index (χ0n) is 18.5. The largest absolute Gasteiger partial charge is 0.381 e. The Morgan fingerprint density at radius 3 is 2.74 bits per heavy atom. The van der Waals surface area contributed by atoms with Crippen LogP contribution >= 0.6 is 11.9 Å². The van der Waals surface area contributed by atoms with Gasteiger partial charge in [-0.05, 0) is 31.4 Å². The molecule has 11 heteroatoms. The number of anilines is 3. The summed E-state index contributed by atoms with van der Waals surface area (Å²) >= 11 is 1.15. The fraction of sp³-hybridized carbons (Fsp3) is 0.348. The van der Waals surface area contributed by atoms with Gasteiger partial charge in [-0.15, -0.1) is 0 Å². The number of nitrogens with zero attached hydrogens (tertiary/aromatic N) is 2. The van der Waals surface area contributed by atoms with Gasteiger partial charge in [0.1, 0.15) is 17.8 Å². The highest BCUT2D eigenvalue weighted by atomic mass is 32.2. The van der Waals surface area contributed by atoms with Gasteiger partial charge in [-0.25, -0.2) is 23.1 Å². The number of para-hydroxylation sites is 1. The van der Waals surface area contributed by atoms with Crippen molar-refractivity contribution in [3.63, 3.8) is 0 Å². The molecule has 1 aliphatic heterocycles. The Labute approximate surface area is 199 Å². The van der Waals surface area contributed by atoms with Crippen LogP contribution in [0.1, 0.15) is 36.5 Å². The average molecular weight is 492 g/mol. The lowest BCUT2D eigenvalue weighted by Crippen LogP contribution is -2.28. The maximum absolute atomic E-state index is 14.9. The molecule has 7 nitrogen and oxygen atoms in total. The van der Waals surface area contributed by atoms with Gasteiger partial charge in [0.2, 0.25) is 0 Å². The molecule has 1 aromatic heterocycles. The summed E-state index contributed by atoms with van der Waals surface area (Å²) in [6.45, 7) is 3.22. The number of amides is 1. The maximum Gasteiger partial charge on any atom is 0.258 e. The molecule has 1 saturated heterocycles. The van der Waals surface area contributed by atoms with Gasteiger partial charge in [0.05, 0.1) is 16.8 Å². The second kappa shape index (κ2) is 10.9. The predicted molar refractivity (Wildman–Crippen MR) is 128 cm³/mol. The number of nitrogens with one attached hydrogen (secondary N) is 3. The summed E-state index contributed by atoms with van der Waals surface area (Å²) in [6, 6.07) is 5.75. The van der Waals surface area contributed by atoms with E-state index in [4.69, 9.17) is 4.74 Å². The van der Waals surface area contributed by atoms with Crippen LogP contribution in [0.3, 0.4) is 0 Å². The van der Waals surface area contributed by atoms with Gasteiger partial charge in [0.15, 0.2) is 17.5 Å². The maximum atomic E-state index is 14.9. The van der Waals surface area contributed by atoms with Crippen molar-refractivity contribution in [3.05, 3.63) is 53.6 Å². The van der Waals surface area contributed by atoms with E-state index in [9.17, 15) is 18.0 Å². The lowest BCUT2D eigenvalue weighted by atomic mass is 10.1. The molecular formula is C23H24F3N5O2S. The van der Waals surface area contributed by atoms with Gasteiger partial charge in [-0.1, -0.05) is 24.9 Å². The Kier molecular flexibility index (Phi) is 7.73. The minimum absolute atomic E-state index is 0.0767. The van der Waals surface area contributed by atoms with Crippen molar-refractivity contribution in [1.29, 1.82) is 0 Å². The summed E-state index contributed by atoms with van der Waals surface area (Å²) in [5.74, 6) is -3.48. The number of hydrogen-bond donors (Lipinski definition) is 3. The van der Waals surface area contributed by atoms with Crippen molar-refractivity contribution < 1.29 is 22.7 Å². The van der Waals surface area contributed by atoms with Crippen LogP contribution in [0, 0.1) is 17.5 Å². The van der Waals surface area contributed by atoms with Gasteiger partial charge >= 0.3 is 0 Å². The Morgan fingerprint density at radius 1 is 1.18 bits per heavy atom. The number of carbonyl (C=O) groups is 1. The highest BCUT2D eigenvalue weighted by Gasteiger charge is 2.23. The molecule has 0 spiro atoms. The molecule has 0 aliphatic carbocycles. The quantitative estimate of drug-likeness (QED) is 0.222. The second-order valence-corrected chi connectivity index (χ2v) is 8.67. The third kappa shape index (κ3) is 5.20. The highest BCUT2D eigenvalue weighted by molar-refractivity contribution is 8.00. The molecule has 0 atom stereocenters. The molecular weight excluding hydrogens is 467 g/mol. The summed E-state index contributed by atoms with van der Waals surface area (Å²) in [7, 11) is 0. The zero-order valence-corrected chi connectivity index (χ0v) is 19.3. The molecule has 1 fully saturated rings. The number of carbonyl (C=O) groups excluding carboxylic acids is 1. The lowest BCUT2D eigenvalue weighted by Gasteiger charge is -2.24. The first-order chi connectivity index (χ1) is 16.5. The second-order valence-electron chi connectivity index (χ2n) is 7.77. The van der Waals surface area contributed by atoms with Crippen LogP contribution in [0.2, 0.25) is 0 Å². The van der Waals surface area contributed by atoms with Gasteiger partial charge in [0, 0.05) is 36.5 Å². The predicted octanol–water partition coefficient (Wildman–Crippen LogP) is 5.36. The van der Waals surface area contributed by atoms with E-state index in [1.165, 1.54) is 12.4 Å². The molecule has 2 heterocycles. The van der Waals surface area contributed by atoms with Crippen LogP contribution in [0.4, 0.5) is 30.4 Å². The van der Waals surface area contributed by atoms with E-state index >= 15 is 0 Å². The van der Waals surface area contributed by atoms with Gasteiger partial charge in [-0.3, -0.25) is 4.79 Å². The minimum atomic E-state index is -1.48. The van der Waals surface area contributed by atoms with Crippen molar-refractivity contribution in [2.75, 3.05) is 34.3 Å². The molecule has 0 saturated carbocycles. The molecule has 4 rings (SSSR count). The Balaban J connectivity index is 1.63. The number of rotatable bonds is 8. The van der Waals surface area contributed by atoms with E-state index in [2.05, 4.69) is 25.3 Å². The number of hydrogen-bond acceptors (Lipinski definition) is 7. The van der Waals surface area contributed by atoms with Crippen LogP contribution in [-0.4, -0.2) is 40.9 Å². The van der Waals surface area contributed by atoms with Crippen molar-refractivity contribution in [1.82, 2.24) is 9.97 Å². The first kappa shape index (κ1) is 24.1. The number of fused-ring (bicyclic) bond motifs is 1. The van der Waals surface area contributed by atoms with E-state index in [1.54, 1.807) is 12.1 Å². The smallest absolute Gasteiger partial charge is 0.258 e. The van der Waals surface area contributed by atoms with Crippen molar-refractivity contribution in [2.24, 2.45) is 0 Å². The molecule has 3 aromatic rings. The summed E-state index contributed by atoms with van der Waals surface area (Å²) in [5, 5.41) is 6.12. The van der Waals surface area contributed by atoms with E-state index in [-0.39, 0.29) is 17.3 Å². The van der Waals surface area contributed by atoms with E-state index in [0.717, 1.165) is 37.3 Å². The molecule has 0 radical (unpaired) electrons. The van der Waals surface area contributed by atoms with Crippen LogP contribution < -0.4 is 15.4 Å². The third-order valence-electron chi connectivity index (χ3n) is 5.35. The minimum Gasteiger partial charge on any atom is -0.381 e. The molecule has 0 bridgehead atoms. The molecule has 180 valence electrons. The van der Waals surface area contributed by atoms with Gasteiger partial charge in [-0.2, -0.15) is 0 Å². The van der Waals surface area contributed by atoms with Crippen LogP contribution in [0.15, 0.2) is 30.6 Å². The monoisotopic (exact) mass is 491 g/mol. The third-order valence-corrected chi connectivity index (χ3v) is 6.33. The van der Waals surface area contributed by atoms with Crippen LogP contribution in [0.25, 0.3) is 10.9 Å². The molecule has 2 aromatic carbocycles. The van der Waals surface area contributed by atoms with Crippen molar-refractivity contribution in [2.45, 2.75) is 32.2 Å². The molecule has 1 aliphatic rings. The molecule has 1 amide bonds. The summed E-state index contributed by atoms with van der Waals surface area (Å²) in [6.07, 6.45) is 3.76. The fourth-order valence-corrected chi connectivity index (χ4v) is 4.23. The number of ether oxygens (including phenoxy) is 1. The van der Waals surface area contributed by atoms with Crippen LogP contribution in [0.5, 0.6) is 0 Å². The Morgan fingerprint density at radius 2 is 1.97 bits per heavy atom. The van der Waals surface area contributed by atoms with Gasteiger partial charge in [0.25, 0.3) is 5.91 Å². The molecule has 0 unspecified atom stereocenters. The van der Waals surface area contributed by atoms with Gasteiger partial charge < -0.3 is 20.1 Å². The SMILES string of the molecule is CCCSNc1cc(F)c(F)c(NC(=O)c2cccc3c(NC4CCOCC4)ncnc23)c1F. The number of halogens is 3. The van der Waals surface area contributed by atoms with Crippen molar-refractivity contribution >= 4 is 46.0 Å². The van der Waals surface area contributed by atoms with E-state index in [1.807, 2.05) is 6.92 Å². The van der Waals surface area contributed by atoms with E-state index < -0.39 is 29.0 Å². The standard InChI is InChI=1S/C23H24F3N5O2S/c1-2-10-34-31-17-11-16(24)18(25)21(19(17)26)30-23(32)15-5-3-4-14-20(15)27-12-28-22(14)29-13-6-8-33-9-7-13/h3-5,11-13,31H,2,6-10H2,1H3,(H,30,32)(H,27,28,29). The molecule has 3 N–H and O–H groups in total. The van der Waals surface area contributed by atoms with Crippen LogP contribution in [-0.2, 0) is 4.74 Å². The highest BCUT2D eigenvalue weighted by Crippen LogP contribution is 2.31. The average Bonchev–Trinajstić information content (AvgIpc) is 2.85. The molecule has 34 heavy (non-hydrogen) atoms. The number of benzene rings is 2. The normalized spacial score (nSPS) is 14.2. The summed E-state index contributed by atoms with van der Waals surface area (Å²) in [5.41, 5.74) is -0.737. The first-order valence-electron chi connectivity index (χ1n) is 10.9. The van der Waals surface area contributed by atoms with Crippen molar-refractivity contribution in [3.8, 4) is 0 Å². The topological polar surface area (TPSA) is 88.2 Å².